The predicted octanol–water partition coefficient (Wildman–Crippen LogP) is 5.92. The van der Waals surface area contributed by atoms with Gasteiger partial charge in [-0.1, -0.05) is 44.7 Å². The zero-order valence-electron chi connectivity index (χ0n) is 15.6. The SMILES string of the molecule is C=C(C1=CC=C(N2CCCC2)CC1)C(C)c1ccc(C)c(CC)c1. The molecule has 1 aromatic carbocycles. The van der Waals surface area contributed by atoms with Gasteiger partial charge in [-0.25, -0.2) is 0 Å². The summed E-state index contributed by atoms with van der Waals surface area (Å²) in [7, 11) is 0. The molecule has 0 aromatic heterocycles. The van der Waals surface area contributed by atoms with Crippen molar-refractivity contribution in [1.29, 1.82) is 0 Å². The highest BCUT2D eigenvalue weighted by Gasteiger charge is 2.20. The zero-order chi connectivity index (χ0) is 17.1. The molecule has 0 N–H and O–H groups in total. The average molecular weight is 322 g/mol. The topological polar surface area (TPSA) is 3.24 Å². The maximum atomic E-state index is 4.44. The van der Waals surface area contributed by atoms with Crippen LogP contribution in [-0.2, 0) is 6.42 Å². The van der Waals surface area contributed by atoms with Gasteiger partial charge in [0.15, 0.2) is 0 Å². The van der Waals surface area contributed by atoms with Crippen LogP contribution in [0, 0.1) is 6.92 Å². The molecule has 128 valence electrons. The van der Waals surface area contributed by atoms with Gasteiger partial charge < -0.3 is 4.90 Å². The van der Waals surface area contributed by atoms with E-state index < -0.39 is 0 Å². The first-order chi connectivity index (χ1) is 11.6. The highest BCUT2D eigenvalue weighted by Crippen LogP contribution is 2.34. The summed E-state index contributed by atoms with van der Waals surface area (Å²) >= 11 is 0. The molecule has 1 nitrogen and oxygen atoms in total. The van der Waals surface area contributed by atoms with Crippen LogP contribution in [0.5, 0.6) is 0 Å². The Balaban J connectivity index is 1.74. The number of hydrogen-bond donors (Lipinski definition) is 0. The molecule has 1 unspecified atom stereocenters. The number of benzene rings is 1. The standard InChI is InChI=1S/C23H31N/c1-5-20-16-22(9-8-17(20)2)19(4)18(3)21-10-12-23(13-11-21)24-14-6-7-15-24/h8-10,12,16,19H,3,5-7,11,13-15H2,1-2,4H3. The number of allylic oxidation sites excluding steroid dienone is 5. The normalized spacial score (nSPS) is 19.0. The van der Waals surface area contributed by atoms with E-state index in [1.807, 2.05) is 0 Å². The van der Waals surface area contributed by atoms with Crippen molar-refractivity contribution in [2.24, 2.45) is 0 Å². The molecular formula is C23H31N. The fourth-order valence-electron chi connectivity index (χ4n) is 3.98. The van der Waals surface area contributed by atoms with Gasteiger partial charge in [0.2, 0.25) is 0 Å². The molecule has 3 rings (SSSR count). The van der Waals surface area contributed by atoms with E-state index in [1.165, 1.54) is 65.9 Å². The van der Waals surface area contributed by atoms with Gasteiger partial charge in [-0.05, 0) is 72.9 Å². The highest BCUT2D eigenvalue weighted by atomic mass is 15.1. The molecule has 2 aliphatic rings. The Kier molecular flexibility index (Phi) is 5.28. The van der Waals surface area contributed by atoms with E-state index in [-0.39, 0.29) is 0 Å². The Bertz CT molecular complexity index is 671. The second-order valence-electron chi connectivity index (χ2n) is 7.33. The molecular weight excluding hydrogens is 290 g/mol. The molecule has 0 bridgehead atoms. The van der Waals surface area contributed by atoms with Gasteiger partial charge in [-0.3, -0.25) is 0 Å². The third-order valence-corrected chi connectivity index (χ3v) is 5.83. The van der Waals surface area contributed by atoms with Gasteiger partial charge in [0, 0.05) is 24.7 Å². The maximum absolute atomic E-state index is 4.44. The molecule has 0 amide bonds. The molecule has 1 aromatic rings. The van der Waals surface area contributed by atoms with Crippen molar-refractivity contribution in [3.63, 3.8) is 0 Å². The third kappa shape index (κ3) is 3.50. The van der Waals surface area contributed by atoms with Gasteiger partial charge >= 0.3 is 0 Å². The molecule has 1 heteroatoms. The molecule has 24 heavy (non-hydrogen) atoms. The fraction of sp³-hybridized carbons (Fsp3) is 0.478. The summed E-state index contributed by atoms with van der Waals surface area (Å²) in [6.45, 7) is 13.7. The van der Waals surface area contributed by atoms with E-state index in [0.717, 1.165) is 12.8 Å². The first kappa shape index (κ1) is 17.1. The van der Waals surface area contributed by atoms with Crippen molar-refractivity contribution in [2.75, 3.05) is 13.1 Å². The van der Waals surface area contributed by atoms with Crippen molar-refractivity contribution < 1.29 is 0 Å². The van der Waals surface area contributed by atoms with E-state index >= 15 is 0 Å². The van der Waals surface area contributed by atoms with Crippen molar-refractivity contribution in [3.05, 3.63) is 70.5 Å². The van der Waals surface area contributed by atoms with Crippen LogP contribution in [0.3, 0.4) is 0 Å². The Morgan fingerprint density at radius 1 is 1.17 bits per heavy atom. The van der Waals surface area contributed by atoms with Crippen LogP contribution in [0.1, 0.15) is 62.1 Å². The van der Waals surface area contributed by atoms with E-state index in [2.05, 4.69) is 62.6 Å². The summed E-state index contributed by atoms with van der Waals surface area (Å²) in [5.41, 5.74) is 8.51. The molecule has 0 saturated carbocycles. The Labute approximate surface area is 147 Å². The van der Waals surface area contributed by atoms with Crippen LogP contribution < -0.4 is 0 Å². The van der Waals surface area contributed by atoms with Gasteiger partial charge in [0.05, 0.1) is 0 Å². The number of rotatable bonds is 5. The molecule has 0 radical (unpaired) electrons. The highest BCUT2D eigenvalue weighted by molar-refractivity contribution is 5.44. The molecule has 1 aliphatic heterocycles. The first-order valence-electron chi connectivity index (χ1n) is 9.53. The predicted molar refractivity (Wildman–Crippen MR) is 104 cm³/mol. The number of aryl methyl sites for hydroxylation is 2. The maximum Gasteiger partial charge on any atom is 0.0175 e. The second kappa shape index (κ2) is 7.42. The lowest BCUT2D eigenvalue weighted by Gasteiger charge is -2.26. The Hall–Kier alpha value is -1.76. The molecule has 1 aliphatic carbocycles. The van der Waals surface area contributed by atoms with E-state index in [0.29, 0.717) is 5.92 Å². The minimum absolute atomic E-state index is 0.392. The van der Waals surface area contributed by atoms with Crippen molar-refractivity contribution in [1.82, 2.24) is 4.90 Å². The summed E-state index contributed by atoms with van der Waals surface area (Å²) in [6.07, 6.45) is 10.8. The second-order valence-corrected chi connectivity index (χ2v) is 7.33. The van der Waals surface area contributed by atoms with Crippen LogP contribution in [0.2, 0.25) is 0 Å². The Morgan fingerprint density at radius 3 is 2.54 bits per heavy atom. The summed E-state index contributed by atoms with van der Waals surface area (Å²) < 4.78 is 0. The van der Waals surface area contributed by atoms with Gasteiger partial charge in [0.25, 0.3) is 0 Å². The van der Waals surface area contributed by atoms with Crippen molar-refractivity contribution in [2.45, 2.75) is 58.8 Å². The summed E-state index contributed by atoms with van der Waals surface area (Å²) in [4.78, 5) is 2.56. The van der Waals surface area contributed by atoms with Gasteiger partial charge in [-0.2, -0.15) is 0 Å². The van der Waals surface area contributed by atoms with Crippen molar-refractivity contribution >= 4 is 0 Å². The molecule has 1 atom stereocenters. The lowest BCUT2D eigenvalue weighted by molar-refractivity contribution is 0.407. The fourth-order valence-corrected chi connectivity index (χ4v) is 3.98. The smallest absolute Gasteiger partial charge is 0.0175 e. The van der Waals surface area contributed by atoms with Crippen LogP contribution in [0.25, 0.3) is 0 Å². The minimum Gasteiger partial charge on any atom is -0.375 e. The van der Waals surface area contributed by atoms with E-state index in [9.17, 15) is 0 Å². The summed E-state index contributed by atoms with van der Waals surface area (Å²) in [6, 6.07) is 6.91. The molecule has 1 fully saturated rings. The quantitative estimate of drug-likeness (QED) is 0.651. The van der Waals surface area contributed by atoms with Crippen LogP contribution >= 0.6 is 0 Å². The zero-order valence-corrected chi connectivity index (χ0v) is 15.6. The molecule has 1 saturated heterocycles. The first-order valence-corrected chi connectivity index (χ1v) is 9.53. The van der Waals surface area contributed by atoms with Crippen molar-refractivity contribution in [3.8, 4) is 0 Å². The van der Waals surface area contributed by atoms with Crippen LogP contribution in [0.15, 0.2) is 53.8 Å². The van der Waals surface area contributed by atoms with Crippen LogP contribution in [-0.4, -0.2) is 18.0 Å². The largest absolute Gasteiger partial charge is 0.375 e. The van der Waals surface area contributed by atoms with E-state index in [4.69, 9.17) is 0 Å². The number of hydrogen-bond acceptors (Lipinski definition) is 1. The lowest BCUT2D eigenvalue weighted by atomic mass is 9.84. The number of nitrogens with zero attached hydrogens (tertiary/aromatic N) is 1. The van der Waals surface area contributed by atoms with Gasteiger partial charge in [-0.15, -0.1) is 0 Å². The third-order valence-electron chi connectivity index (χ3n) is 5.83. The average Bonchev–Trinajstić information content (AvgIpc) is 3.16. The lowest BCUT2D eigenvalue weighted by Crippen LogP contribution is -2.20. The molecule has 1 heterocycles. The molecule has 0 spiro atoms. The summed E-state index contributed by atoms with van der Waals surface area (Å²) in [5.74, 6) is 0.392. The number of likely N-dealkylation sites (tertiary alicyclic amines) is 1. The monoisotopic (exact) mass is 321 g/mol. The summed E-state index contributed by atoms with van der Waals surface area (Å²) in [5, 5.41) is 0. The minimum atomic E-state index is 0.392. The van der Waals surface area contributed by atoms with Crippen LogP contribution in [0.4, 0.5) is 0 Å². The Morgan fingerprint density at radius 2 is 1.92 bits per heavy atom. The van der Waals surface area contributed by atoms with Gasteiger partial charge in [0.1, 0.15) is 0 Å². The van der Waals surface area contributed by atoms with E-state index in [1.54, 1.807) is 0 Å².